The minimum absolute atomic E-state index is 0.446. The zero-order valence-electron chi connectivity index (χ0n) is 10.6. The number of nitrogens with zero attached hydrogens (tertiary/aromatic N) is 2. The Balaban J connectivity index is 2.04. The molecule has 0 saturated heterocycles. The Bertz CT molecular complexity index is 636. The van der Waals surface area contributed by atoms with E-state index in [-0.39, 0.29) is 0 Å². The van der Waals surface area contributed by atoms with Crippen LogP contribution in [0.3, 0.4) is 0 Å². The minimum atomic E-state index is -0.769. The van der Waals surface area contributed by atoms with Crippen molar-refractivity contribution in [2.75, 3.05) is 0 Å². The number of hydrogen-bond donors (Lipinski definition) is 1. The topological polar surface area (TPSA) is 63.1 Å². The van der Waals surface area contributed by atoms with Crippen molar-refractivity contribution in [3.8, 4) is 10.7 Å². The SMILES string of the molecule is Cc1ccnc(-c2nc3c(s2)CCCC3C(=O)O)c1. The number of carboxylic acids is 1. The molecule has 0 radical (unpaired) electrons. The van der Waals surface area contributed by atoms with Crippen molar-refractivity contribution in [2.45, 2.75) is 32.1 Å². The fourth-order valence-electron chi connectivity index (χ4n) is 2.42. The highest BCUT2D eigenvalue weighted by molar-refractivity contribution is 7.15. The summed E-state index contributed by atoms with van der Waals surface area (Å²) < 4.78 is 0. The average Bonchev–Trinajstić information content (AvgIpc) is 2.82. The van der Waals surface area contributed by atoms with Gasteiger partial charge in [0.2, 0.25) is 0 Å². The summed E-state index contributed by atoms with van der Waals surface area (Å²) in [5.41, 5.74) is 2.72. The van der Waals surface area contributed by atoms with Gasteiger partial charge in [-0.15, -0.1) is 11.3 Å². The molecule has 2 heterocycles. The maximum Gasteiger partial charge on any atom is 0.312 e. The van der Waals surface area contributed by atoms with Crippen LogP contribution in [0.1, 0.15) is 34.9 Å². The number of fused-ring (bicyclic) bond motifs is 1. The Morgan fingerprint density at radius 1 is 1.53 bits per heavy atom. The first kappa shape index (κ1) is 12.3. The van der Waals surface area contributed by atoms with E-state index < -0.39 is 11.9 Å². The van der Waals surface area contributed by atoms with Crippen LogP contribution in [-0.4, -0.2) is 21.0 Å². The molecule has 0 amide bonds. The summed E-state index contributed by atoms with van der Waals surface area (Å²) in [5.74, 6) is -1.21. The summed E-state index contributed by atoms with van der Waals surface area (Å²) in [7, 11) is 0. The third-order valence-electron chi connectivity index (χ3n) is 3.39. The van der Waals surface area contributed by atoms with Crippen molar-refractivity contribution in [1.29, 1.82) is 0 Å². The molecule has 1 aliphatic carbocycles. The van der Waals surface area contributed by atoms with Gasteiger partial charge in [0.05, 0.1) is 11.4 Å². The highest BCUT2D eigenvalue weighted by Gasteiger charge is 2.30. The standard InChI is InChI=1S/C14H14N2O2S/c1-8-5-6-15-10(7-8)13-16-12-9(14(17)18)3-2-4-11(12)19-13/h5-7,9H,2-4H2,1H3,(H,17,18). The van der Waals surface area contributed by atoms with Gasteiger partial charge in [0.25, 0.3) is 0 Å². The van der Waals surface area contributed by atoms with E-state index in [9.17, 15) is 9.90 Å². The highest BCUT2D eigenvalue weighted by atomic mass is 32.1. The van der Waals surface area contributed by atoms with E-state index in [1.54, 1.807) is 17.5 Å². The Morgan fingerprint density at radius 3 is 3.11 bits per heavy atom. The Labute approximate surface area is 115 Å². The zero-order chi connectivity index (χ0) is 13.4. The quantitative estimate of drug-likeness (QED) is 0.914. The van der Waals surface area contributed by atoms with Crippen molar-refractivity contribution < 1.29 is 9.90 Å². The molecule has 1 atom stereocenters. The molecule has 0 bridgehead atoms. The monoisotopic (exact) mass is 274 g/mol. The van der Waals surface area contributed by atoms with Crippen LogP contribution in [0.25, 0.3) is 10.7 Å². The van der Waals surface area contributed by atoms with Gasteiger partial charge in [-0.25, -0.2) is 4.98 Å². The third kappa shape index (κ3) is 2.26. The van der Waals surface area contributed by atoms with Crippen LogP contribution < -0.4 is 0 Å². The summed E-state index contributed by atoms with van der Waals surface area (Å²) in [6.07, 6.45) is 4.31. The number of thiazole rings is 1. The van der Waals surface area contributed by atoms with Gasteiger partial charge in [0.1, 0.15) is 10.9 Å². The number of aryl methyl sites for hydroxylation is 2. The lowest BCUT2D eigenvalue weighted by Gasteiger charge is -2.16. The Morgan fingerprint density at radius 2 is 2.37 bits per heavy atom. The molecule has 3 rings (SSSR count). The van der Waals surface area contributed by atoms with E-state index in [1.165, 1.54) is 0 Å². The molecule has 0 saturated carbocycles. The summed E-state index contributed by atoms with van der Waals surface area (Å²) in [5, 5.41) is 10.1. The van der Waals surface area contributed by atoms with Gasteiger partial charge in [0, 0.05) is 11.1 Å². The lowest BCUT2D eigenvalue weighted by Crippen LogP contribution is -2.17. The molecule has 5 heteroatoms. The van der Waals surface area contributed by atoms with Gasteiger partial charge in [0.15, 0.2) is 0 Å². The smallest absolute Gasteiger partial charge is 0.312 e. The van der Waals surface area contributed by atoms with Crippen LogP contribution in [0, 0.1) is 6.92 Å². The van der Waals surface area contributed by atoms with E-state index in [0.717, 1.165) is 39.7 Å². The first-order valence-electron chi connectivity index (χ1n) is 6.30. The molecule has 98 valence electrons. The molecule has 2 aromatic rings. The van der Waals surface area contributed by atoms with E-state index in [1.807, 2.05) is 19.1 Å². The molecule has 4 nitrogen and oxygen atoms in total. The molecule has 0 aliphatic heterocycles. The maximum atomic E-state index is 11.3. The van der Waals surface area contributed by atoms with Gasteiger partial charge in [-0.1, -0.05) is 0 Å². The maximum absolute atomic E-state index is 11.3. The normalized spacial score (nSPS) is 18.1. The third-order valence-corrected chi connectivity index (χ3v) is 4.54. The fraction of sp³-hybridized carbons (Fsp3) is 0.357. The average molecular weight is 274 g/mol. The van der Waals surface area contributed by atoms with Gasteiger partial charge in [-0.2, -0.15) is 0 Å². The molecule has 1 N–H and O–H groups in total. The van der Waals surface area contributed by atoms with Crippen LogP contribution in [0.2, 0.25) is 0 Å². The van der Waals surface area contributed by atoms with Crippen LogP contribution in [-0.2, 0) is 11.2 Å². The van der Waals surface area contributed by atoms with Gasteiger partial charge in [-0.3, -0.25) is 9.78 Å². The summed E-state index contributed by atoms with van der Waals surface area (Å²) >= 11 is 1.58. The summed E-state index contributed by atoms with van der Waals surface area (Å²) in [6.45, 7) is 2.01. The van der Waals surface area contributed by atoms with Crippen molar-refractivity contribution in [3.63, 3.8) is 0 Å². The van der Waals surface area contributed by atoms with Crippen molar-refractivity contribution in [1.82, 2.24) is 9.97 Å². The molecule has 1 unspecified atom stereocenters. The van der Waals surface area contributed by atoms with Gasteiger partial charge < -0.3 is 5.11 Å². The van der Waals surface area contributed by atoms with E-state index >= 15 is 0 Å². The minimum Gasteiger partial charge on any atom is -0.481 e. The van der Waals surface area contributed by atoms with Crippen molar-refractivity contribution in [2.24, 2.45) is 0 Å². The second-order valence-electron chi connectivity index (χ2n) is 4.83. The number of carboxylic acid groups (broad SMARTS) is 1. The van der Waals surface area contributed by atoms with E-state index in [4.69, 9.17) is 0 Å². The van der Waals surface area contributed by atoms with E-state index in [2.05, 4.69) is 9.97 Å². The number of hydrogen-bond acceptors (Lipinski definition) is 4. The number of aliphatic carboxylic acids is 1. The van der Waals surface area contributed by atoms with Gasteiger partial charge in [-0.05, 0) is 43.9 Å². The first-order valence-corrected chi connectivity index (χ1v) is 7.12. The molecular formula is C14H14N2O2S. The first-order chi connectivity index (χ1) is 9.15. The van der Waals surface area contributed by atoms with E-state index in [0.29, 0.717) is 6.42 Å². The summed E-state index contributed by atoms with van der Waals surface area (Å²) in [6, 6.07) is 3.93. The molecular weight excluding hydrogens is 260 g/mol. The van der Waals surface area contributed by atoms with Crippen molar-refractivity contribution in [3.05, 3.63) is 34.5 Å². The second kappa shape index (κ2) is 4.74. The highest BCUT2D eigenvalue weighted by Crippen LogP contribution is 2.37. The fourth-order valence-corrected chi connectivity index (χ4v) is 3.55. The summed E-state index contributed by atoms with van der Waals surface area (Å²) in [4.78, 5) is 21.2. The Hall–Kier alpha value is -1.75. The van der Waals surface area contributed by atoms with Crippen molar-refractivity contribution >= 4 is 17.3 Å². The molecule has 0 fully saturated rings. The lowest BCUT2D eigenvalue weighted by atomic mass is 9.91. The predicted octanol–water partition coefficient (Wildman–Crippen LogP) is 3.02. The molecule has 2 aromatic heterocycles. The largest absolute Gasteiger partial charge is 0.481 e. The molecule has 0 spiro atoms. The zero-order valence-corrected chi connectivity index (χ0v) is 11.4. The van der Waals surface area contributed by atoms with Gasteiger partial charge >= 0.3 is 5.97 Å². The molecule has 1 aliphatic rings. The second-order valence-corrected chi connectivity index (χ2v) is 5.91. The number of rotatable bonds is 2. The number of carbonyl (C=O) groups is 1. The Kier molecular flexibility index (Phi) is 3.06. The van der Waals surface area contributed by atoms with Crippen LogP contribution >= 0.6 is 11.3 Å². The molecule has 0 aromatic carbocycles. The van der Waals surface area contributed by atoms with Crippen LogP contribution in [0.4, 0.5) is 0 Å². The van der Waals surface area contributed by atoms with Crippen LogP contribution in [0.15, 0.2) is 18.3 Å². The number of pyridine rings is 1. The number of aromatic nitrogens is 2. The predicted molar refractivity (Wildman–Crippen MR) is 73.4 cm³/mol. The van der Waals surface area contributed by atoms with Crippen LogP contribution in [0.5, 0.6) is 0 Å². The lowest BCUT2D eigenvalue weighted by molar-refractivity contribution is -0.139. The molecule has 19 heavy (non-hydrogen) atoms.